The molecule has 0 amide bonds. The molecule has 0 bridgehead atoms. The second-order valence-corrected chi connectivity index (χ2v) is 4.27. The third kappa shape index (κ3) is 1.53. The lowest BCUT2D eigenvalue weighted by molar-refractivity contribution is -0.142. The molecule has 1 saturated carbocycles. The van der Waals surface area contributed by atoms with Crippen LogP contribution in [-0.2, 0) is 14.3 Å². The van der Waals surface area contributed by atoms with E-state index in [-0.39, 0.29) is 17.0 Å². The van der Waals surface area contributed by atoms with Crippen molar-refractivity contribution in [3.8, 4) is 0 Å². The van der Waals surface area contributed by atoms with Crippen LogP contribution in [-0.4, -0.2) is 24.8 Å². The summed E-state index contributed by atoms with van der Waals surface area (Å²) in [5, 5.41) is 0. The summed E-state index contributed by atoms with van der Waals surface area (Å²) >= 11 is 0. The molecule has 0 spiro atoms. The molecule has 1 saturated heterocycles. The zero-order valence-corrected chi connectivity index (χ0v) is 7.84. The van der Waals surface area contributed by atoms with Gasteiger partial charge < -0.3 is 4.74 Å². The standard InChI is InChI=1S/C10H14O3/c1-10(3-4-10)9(12)7-6-13-5-2-8(7)11/h7H,2-6H2,1H3. The Morgan fingerprint density at radius 3 is 2.77 bits per heavy atom. The first-order chi connectivity index (χ1) is 6.13. The van der Waals surface area contributed by atoms with Gasteiger partial charge in [0.2, 0.25) is 0 Å². The predicted molar refractivity (Wildman–Crippen MR) is 46.3 cm³/mol. The van der Waals surface area contributed by atoms with E-state index in [1.807, 2.05) is 6.92 Å². The van der Waals surface area contributed by atoms with Crippen LogP contribution in [0.4, 0.5) is 0 Å². The number of hydrogen-bond donors (Lipinski definition) is 0. The minimum atomic E-state index is -0.457. The van der Waals surface area contributed by atoms with Gasteiger partial charge in [0.1, 0.15) is 11.7 Å². The van der Waals surface area contributed by atoms with Gasteiger partial charge in [-0.1, -0.05) is 6.92 Å². The predicted octanol–water partition coefficient (Wildman–Crippen LogP) is 0.961. The zero-order chi connectivity index (χ0) is 9.47. The van der Waals surface area contributed by atoms with Crippen molar-refractivity contribution in [2.75, 3.05) is 13.2 Å². The molecular weight excluding hydrogens is 168 g/mol. The van der Waals surface area contributed by atoms with Crippen molar-refractivity contribution >= 4 is 11.6 Å². The second-order valence-electron chi connectivity index (χ2n) is 4.27. The lowest BCUT2D eigenvalue weighted by Gasteiger charge is -2.22. The Kier molecular flexibility index (Phi) is 1.99. The van der Waals surface area contributed by atoms with Crippen molar-refractivity contribution in [3.05, 3.63) is 0 Å². The first kappa shape index (κ1) is 8.88. The molecule has 1 aliphatic heterocycles. The molecule has 72 valence electrons. The second kappa shape index (κ2) is 2.91. The zero-order valence-electron chi connectivity index (χ0n) is 7.84. The summed E-state index contributed by atoms with van der Waals surface area (Å²) in [5.74, 6) is -0.275. The van der Waals surface area contributed by atoms with Crippen LogP contribution in [0.25, 0.3) is 0 Å². The minimum absolute atomic E-state index is 0.0735. The van der Waals surface area contributed by atoms with Crippen LogP contribution < -0.4 is 0 Å². The van der Waals surface area contributed by atoms with E-state index < -0.39 is 5.92 Å². The molecule has 2 fully saturated rings. The fraction of sp³-hybridized carbons (Fsp3) is 0.800. The van der Waals surface area contributed by atoms with E-state index in [1.165, 1.54) is 0 Å². The van der Waals surface area contributed by atoms with Gasteiger partial charge in [-0.3, -0.25) is 9.59 Å². The number of carbonyl (C=O) groups is 2. The largest absolute Gasteiger partial charge is 0.380 e. The van der Waals surface area contributed by atoms with Gasteiger partial charge in [-0.05, 0) is 12.8 Å². The lowest BCUT2D eigenvalue weighted by Crippen LogP contribution is -2.37. The van der Waals surface area contributed by atoms with Gasteiger partial charge in [0, 0.05) is 11.8 Å². The quantitative estimate of drug-likeness (QED) is 0.597. The van der Waals surface area contributed by atoms with Gasteiger partial charge >= 0.3 is 0 Å². The van der Waals surface area contributed by atoms with Crippen molar-refractivity contribution in [1.29, 1.82) is 0 Å². The number of hydrogen-bond acceptors (Lipinski definition) is 3. The maximum Gasteiger partial charge on any atom is 0.151 e. The molecule has 2 rings (SSSR count). The Bertz CT molecular complexity index is 253. The van der Waals surface area contributed by atoms with E-state index >= 15 is 0 Å². The molecule has 13 heavy (non-hydrogen) atoms. The number of ketones is 2. The summed E-state index contributed by atoms with van der Waals surface area (Å²) in [5.41, 5.74) is -0.193. The molecule has 3 nitrogen and oxygen atoms in total. The first-order valence-corrected chi connectivity index (χ1v) is 4.78. The van der Waals surface area contributed by atoms with Crippen molar-refractivity contribution < 1.29 is 14.3 Å². The molecular formula is C10H14O3. The monoisotopic (exact) mass is 182 g/mol. The molecule has 1 heterocycles. The Balaban J connectivity index is 2.06. The minimum Gasteiger partial charge on any atom is -0.380 e. The van der Waals surface area contributed by atoms with Crippen LogP contribution in [0.5, 0.6) is 0 Å². The number of ether oxygens (including phenoxy) is 1. The first-order valence-electron chi connectivity index (χ1n) is 4.78. The SMILES string of the molecule is CC1(C(=O)C2COCCC2=O)CC1. The molecule has 3 heteroatoms. The van der Waals surface area contributed by atoms with Crippen molar-refractivity contribution in [2.45, 2.75) is 26.2 Å². The number of rotatable bonds is 2. The van der Waals surface area contributed by atoms with Gasteiger partial charge in [-0.2, -0.15) is 0 Å². The lowest BCUT2D eigenvalue weighted by atomic mass is 9.87. The smallest absolute Gasteiger partial charge is 0.151 e. The molecule has 0 aromatic carbocycles. The van der Waals surface area contributed by atoms with Crippen molar-refractivity contribution in [2.24, 2.45) is 11.3 Å². The molecule has 2 aliphatic rings. The van der Waals surface area contributed by atoms with Crippen LogP contribution >= 0.6 is 0 Å². The molecule has 1 unspecified atom stereocenters. The topological polar surface area (TPSA) is 43.4 Å². The molecule has 0 radical (unpaired) electrons. The average Bonchev–Trinajstić information content (AvgIpc) is 2.85. The number of carbonyl (C=O) groups excluding carboxylic acids is 2. The summed E-state index contributed by atoms with van der Waals surface area (Å²) in [4.78, 5) is 23.2. The Morgan fingerprint density at radius 2 is 2.23 bits per heavy atom. The van der Waals surface area contributed by atoms with Crippen LogP contribution in [0.1, 0.15) is 26.2 Å². The summed E-state index contributed by atoms with van der Waals surface area (Å²) in [6, 6.07) is 0. The van der Waals surface area contributed by atoms with Gasteiger partial charge in [-0.15, -0.1) is 0 Å². The van der Waals surface area contributed by atoms with Crippen LogP contribution in [0.15, 0.2) is 0 Å². The molecule has 1 atom stereocenters. The fourth-order valence-corrected chi connectivity index (χ4v) is 1.72. The van der Waals surface area contributed by atoms with Crippen LogP contribution in [0.3, 0.4) is 0 Å². The number of Topliss-reactive ketones (excluding diaryl/α,β-unsaturated/α-hetero) is 2. The van der Waals surface area contributed by atoms with Crippen LogP contribution in [0.2, 0.25) is 0 Å². The van der Waals surface area contributed by atoms with E-state index in [2.05, 4.69) is 0 Å². The van der Waals surface area contributed by atoms with Crippen molar-refractivity contribution in [3.63, 3.8) is 0 Å². The maximum absolute atomic E-state index is 11.8. The highest BCUT2D eigenvalue weighted by Crippen LogP contribution is 2.47. The highest BCUT2D eigenvalue weighted by molar-refractivity contribution is 6.06. The molecule has 1 aliphatic carbocycles. The summed E-state index contributed by atoms with van der Waals surface area (Å²) in [6.07, 6.45) is 2.29. The highest BCUT2D eigenvalue weighted by atomic mass is 16.5. The Morgan fingerprint density at radius 1 is 1.54 bits per heavy atom. The fourth-order valence-electron chi connectivity index (χ4n) is 1.72. The van der Waals surface area contributed by atoms with E-state index in [1.54, 1.807) is 0 Å². The molecule has 0 aromatic rings. The van der Waals surface area contributed by atoms with E-state index in [0.717, 1.165) is 12.8 Å². The Labute approximate surface area is 77.4 Å². The summed E-state index contributed by atoms with van der Waals surface area (Å²) in [7, 11) is 0. The molecule has 0 aromatic heterocycles. The normalized spacial score (nSPS) is 31.5. The third-order valence-electron chi connectivity index (χ3n) is 3.08. The van der Waals surface area contributed by atoms with E-state index in [4.69, 9.17) is 4.74 Å². The Hall–Kier alpha value is -0.700. The highest BCUT2D eigenvalue weighted by Gasteiger charge is 2.49. The van der Waals surface area contributed by atoms with E-state index in [9.17, 15) is 9.59 Å². The third-order valence-corrected chi connectivity index (χ3v) is 3.08. The van der Waals surface area contributed by atoms with E-state index in [0.29, 0.717) is 19.6 Å². The van der Waals surface area contributed by atoms with Gasteiger partial charge in [0.05, 0.1) is 13.2 Å². The average molecular weight is 182 g/mol. The van der Waals surface area contributed by atoms with Gasteiger partial charge in [0.25, 0.3) is 0 Å². The van der Waals surface area contributed by atoms with Gasteiger partial charge in [-0.25, -0.2) is 0 Å². The molecule has 0 N–H and O–H groups in total. The maximum atomic E-state index is 11.8. The van der Waals surface area contributed by atoms with Crippen LogP contribution in [0, 0.1) is 11.3 Å². The summed E-state index contributed by atoms with van der Waals surface area (Å²) < 4.78 is 5.15. The summed E-state index contributed by atoms with van der Waals surface area (Å²) in [6.45, 7) is 2.74. The van der Waals surface area contributed by atoms with Crippen molar-refractivity contribution in [1.82, 2.24) is 0 Å². The van der Waals surface area contributed by atoms with Gasteiger partial charge in [0.15, 0.2) is 5.78 Å².